The van der Waals surface area contributed by atoms with Crippen LogP contribution in [0.3, 0.4) is 0 Å². The zero-order valence-corrected chi connectivity index (χ0v) is 11.4. The van der Waals surface area contributed by atoms with Crippen molar-refractivity contribution in [3.63, 3.8) is 0 Å². The van der Waals surface area contributed by atoms with E-state index >= 15 is 0 Å². The van der Waals surface area contributed by atoms with Gasteiger partial charge in [-0.05, 0) is 18.9 Å². The Bertz CT molecular complexity index is 760. The number of ether oxygens (including phenoxy) is 1. The third kappa shape index (κ3) is 1.76. The van der Waals surface area contributed by atoms with Gasteiger partial charge in [0.15, 0.2) is 5.82 Å². The Kier molecular flexibility index (Phi) is 2.64. The number of hydrogen-bond acceptors (Lipinski definition) is 7. The lowest BCUT2D eigenvalue weighted by molar-refractivity contribution is 0.103. The fourth-order valence-electron chi connectivity index (χ4n) is 2.32. The lowest BCUT2D eigenvalue weighted by Gasteiger charge is -2.04. The maximum absolute atomic E-state index is 5.94. The lowest BCUT2D eigenvalue weighted by Crippen LogP contribution is -2.03. The normalized spacial score (nSPS) is 18.9. The van der Waals surface area contributed by atoms with Crippen LogP contribution in [0.2, 0.25) is 0 Å². The molecule has 0 saturated carbocycles. The summed E-state index contributed by atoms with van der Waals surface area (Å²) in [5.74, 6) is 0.771. The second-order valence-electron chi connectivity index (χ2n) is 4.62. The average Bonchev–Trinajstić information content (AvgIpc) is 3.14. The Labute approximate surface area is 118 Å². The Morgan fingerprint density at radius 3 is 3.15 bits per heavy atom. The maximum Gasteiger partial charge on any atom is 0.235 e. The first-order valence-corrected chi connectivity index (χ1v) is 7.18. The zero-order chi connectivity index (χ0) is 13.5. The number of hydrogen-bond donors (Lipinski definition) is 1. The van der Waals surface area contributed by atoms with Gasteiger partial charge >= 0.3 is 0 Å². The van der Waals surface area contributed by atoms with E-state index in [1.54, 1.807) is 16.9 Å². The second kappa shape index (κ2) is 4.50. The highest BCUT2D eigenvalue weighted by atomic mass is 32.1. The molecule has 4 heterocycles. The van der Waals surface area contributed by atoms with Gasteiger partial charge in [-0.25, -0.2) is 0 Å². The van der Waals surface area contributed by atoms with Crippen LogP contribution in [0.15, 0.2) is 18.5 Å². The second-order valence-corrected chi connectivity index (χ2v) is 5.58. The molecular formula is C12H12N6OS. The van der Waals surface area contributed by atoms with E-state index in [0.717, 1.165) is 40.8 Å². The number of rotatable bonds is 2. The van der Waals surface area contributed by atoms with Crippen molar-refractivity contribution in [2.24, 2.45) is 0 Å². The maximum atomic E-state index is 5.94. The molecule has 20 heavy (non-hydrogen) atoms. The van der Waals surface area contributed by atoms with Crippen LogP contribution in [0.4, 0.5) is 5.69 Å². The molecule has 3 aromatic heterocycles. The largest absolute Gasteiger partial charge is 0.397 e. The Balaban J connectivity index is 1.81. The van der Waals surface area contributed by atoms with Gasteiger partial charge < -0.3 is 10.5 Å². The summed E-state index contributed by atoms with van der Waals surface area (Å²) >= 11 is 1.46. The Morgan fingerprint density at radius 1 is 1.40 bits per heavy atom. The molecule has 2 N–H and O–H groups in total. The molecule has 102 valence electrons. The smallest absolute Gasteiger partial charge is 0.235 e. The van der Waals surface area contributed by atoms with Gasteiger partial charge in [0.05, 0.1) is 11.9 Å². The van der Waals surface area contributed by atoms with Crippen molar-refractivity contribution in [2.75, 3.05) is 12.3 Å². The number of nitrogens with zero attached hydrogens (tertiary/aromatic N) is 5. The molecule has 8 heteroatoms. The number of nitrogen functional groups attached to an aromatic ring is 1. The monoisotopic (exact) mass is 288 g/mol. The summed E-state index contributed by atoms with van der Waals surface area (Å²) in [5.41, 5.74) is 7.41. The Hall–Kier alpha value is -2.06. The molecule has 1 aliphatic heterocycles. The fourth-order valence-corrected chi connectivity index (χ4v) is 3.22. The van der Waals surface area contributed by atoms with Crippen molar-refractivity contribution in [3.8, 4) is 10.6 Å². The van der Waals surface area contributed by atoms with Crippen LogP contribution in [0.25, 0.3) is 15.5 Å². The first-order chi connectivity index (χ1) is 9.83. The summed E-state index contributed by atoms with van der Waals surface area (Å²) in [7, 11) is 0. The molecule has 0 aromatic carbocycles. The van der Waals surface area contributed by atoms with Gasteiger partial charge in [-0.2, -0.15) is 9.61 Å². The third-order valence-electron chi connectivity index (χ3n) is 3.31. The van der Waals surface area contributed by atoms with Gasteiger partial charge in [-0.1, -0.05) is 11.3 Å². The van der Waals surface area contributed by atoms with Crippen LogP contribution in [0.1, 0.15) is 24.8 Å². The van der Waals surface area contributed by atoms with Crippen LogP contribution in [-0.4, -0.2) is 31.4 Å². The van der Waals surface area contributed by atoms with Crippen molar-refractivity contribution in [3.05, 3.63) is 24.3 Å². The summed E-state index contributed by atoms with van der Waals surface area (Å²) < 4.78 is 7.41. The summed E-state index contributed by atoms with van der Waals surface area (Å²) in [6, 6.07) is 1.85. The predicted octanol–water partition coefficient (Wildman–Crippen LogP) is 1.68. The fraction of sp³-hybridized carbons (Fsp3) is 0.333. The third-order valence-corrected chi connectivity index (χ3v) is 4.25. The van der Waals surface area contributed by atoms with Gasteiger partial charge in [-0.3, -0.25) is 4.98 Å². The molecular weight excluding hydrogens is 276 g/mol. The molecule has 0 spiro atoms. The lowest BCUT2D eigenvalue weighted by atomic mass is 10.2. The molecule has 1 unspecified atom stereocenters. The van der Waals surface area contributed by atoms with Gasteiger partial charge in [0.25, 0.3) is 0 Å². The zero-order valence-electron chi connectivity index (χ0n) is 10.6. The molecule has 1 fully saturated rings. The van der Waals surface area contributed by atoms with Crippen LogP contribution in [0, 0.1) is 0 Å². The topological polar surface area (TPSA) is 91.2 Å². The molecule has 4 rings (SSSR count). The van der Waals surface area contributed by atoms with E-state index in [-0.39, 0.29) is 6.10 Å². The minimum Gasteiger partial charge on any atom is -0.397 e. The van der Waals surface area contributed by atoms with E-state index in [1.165, 1.54) is 11.3 Å². The van der Waals surface area contributed by atoms with E-state index in [4.69, 9.17) is 10.5 Å². The first-order valence-electron chi connectivity index (χ1n) is 6.36. The van der Waals surface area contributed by atoms with Gasteiger partial charge in [0.1, 0.15) is 11.1 Å². The van der Waals surface area contributed by atoms with Crippen LogP contribution in [0.5, 0.6) is 0 Å². The van der Waals surface area contributed by atoms with Gasteiger partial charge in [0.2, 0.25) is 4.96 Å². The highest BCUT2D eigenvalue weighted by Crippen LogP contribution is 2.32. The molecule has 7 nitrogen and oxygen atoms in total. The van der Waals surface area contributed by atoms with Crippen molar-refractivity contribution in [1.29, 1.82) is 0 Å². The quantitative estimate of drug-likeness (QED) is 0.771. The van der Waals surface area contributed by atoms with E-state index in [9.17, 15) is 0 Å². The summed E-state index contributed by atoms with van der Waals surface area (Å²) in [4.78, 5) is 4.74. The minimum atomic E-state index is -0.00487. The predicted molar refractivity (Wildman–Crippen MR) is 74.2 cm³/mol. The van der Waals surface area contributed by atoms with Crippen molar-refractivity contribution in [2.45, 2.75) is 18.9 Å². The summed E-state index contributed by atoms with van der Waals surface area (Å²) in [6.07, 6.45) is 5.34. The molecule has 0 radical (unpaired) electrons. The molecule has 1 atom stereocenters. The number of fused-ring (bicyclic) bond motifs is 1. The highest BCUT2D eigenvalue weighted by molar-refractivity contribution is 7.19. The van der Waals surface area contributed by atoms with E-state index in [1.807, 2.05) is 6.07 Å². The van der Waals surface area contributed by atoms with Crippen LogP contribution >= 0.6 is 11.3 Å². The van der Waals surface area contributed by atoms with Crippen LogP contribution < -0.4 is 5.73 Å². The molecule has 0 amide bonds. The Morgan fingerprint density at radius 2 is 2.35 bits per heavy atom. The van der Waals surface area contributed by atoms with Crippen molar-refractivity contribution in [1.82, 2.24) is 24.8 Å². The minimum absolute atomic E-state index is 0.00487. The SMILES string of the molecule is Nc1cnccc1-c1nn2c(C3CCCO3)nnc2s1. The molecule has 0 bridgehead atoms. The number of anilines is 1. The van der Waals surface area contributed by atoms with Crippen LogP contribution in [-0.2, 0) is 4.74 Å². The standard InChI is InChI=1S/C12H12N6OS/c13-8-6-14-4-3-7(8)11-17-18-10(9-2-1-5-19-9)15-16-12(18)20-11/h3-4,6,9H,1-2,5,13H2. The number of aromatic nitrogens is 5. The molecule has 3 aromatic rings. The van der Waals surface area contributed by atoms with Crippen molar-refractivity contribution >= 4 is 22.0 Å². The summed E-state index contributed by atoms with van der Waals surface area (Å²) in [6.45, 7) is 0.772. The number of pyridine rings is 1. The molecule has 0 aliphatic carbocycles. The van der Waals surface area contributed by atoms with E-state index in [0.29, 0.717) is 5.69 Å². The van der Waals surface area contributed by atoms with Gasteiger partial charge in [-0.15, -0.1) is 10.2 Å². The molecule has 1 saturated heterocycles. The van der Waals surface area contributed by atoms with Gasteiger partial charge in [0, 0.05) is 18.4 Å². The van der Waals surface area contributed by atoms with Crippen molar-refractivity contribution < 1.29 is 4.74 Å². The molecule has 1 aliphatic rings. The van der Waals surface area contributed by atoms with E-state index in [2.05, 4.69) is 20.3 Å². The highest BCUT2D eigenvalue weighted by Gasteiger charge is 2.25. The number of nitrogens with two attached hydrogens (primary N) is 1. The first kappa shape index (κ1) is 11.7. The summed E-state index contributed by atoms with van der Waals surface area (Å²) in [5, 5.41) is 13.7. The van der Waals surface area contributed by atoms with E-state index < -0.39 is 0 Å². The average molecular weight is 288 g/mol.